The van der Waals surface area contributed by atoms with Crippen LogP contribution in [-0.4, -0.2) is 19.9 Å². The molecule has 25 heavy (non-hydrogen) atoms. The van der Waals surface area contributed by atoms with Gasteiger partial charge >= 0.3 is 0 Å². The molecule has 132 valence electrons. The van der Waals surface area contributed by atoms with Crippen LogP contribution in [0.5, 0.6) is 5.75 Å². The van der Waals surface area contributed by atoms with Crippen molar-refractivity contribution in [3.63, 3.8) is 0 Å². The predicted octanol–water partition coefficient (Wildman–Crippen LogP) is 2.32. The molecule has 1 heterocycles. The maximum atomic E-state index is 13.5. The standard InChI is InChI=1S/C15H14FN3O5S/c16-9-1-4-15-11(7-9)12(5-6-24-15)18-13-3-2-10(25(17,22)23)8-14(13)19(20)21/h1-4,7-8,12,18H,5-6H2,(H2,17,22,23). The molecule has 1 aliphatic rings. The summed E-state index contributed by atoms with van der Waals surface area (Å²) in [5.41, 5.74) is 0.214. The van der Waals surface area contributed by atoms with Gasteiger partial charge < -0.3 is 10.1 Å². The zero-order chi connectivity index (χ0) is 18.2. The summed E-state index contributed by atoms with van der Waals surface area (Å²) in [5, 5.41) is 19.3. The van der Waals surface area contributed by atoms with Gasteiger partial charge in [-0.15, -0.1) is 0 Å². The van der Waals surface area contributed by atoms with Gasteiger partial charge in [0.15, 0.2) is 0 Å². The number of primary sulfonamides is 1. The first-order chi connectivity index (χ1) is 11.8. The van der Waals surface area contributed by atoms with Gasteiger partial charge in [-0.2, -0.15) is 0 Å². The summed E-state index contributed by atoms with van der Waals surface area (Å²) in [7, 11) is -4.06. The predicted molar refractivity (Wildman–Crippen MR) is 87.3 cm³/mol. The maximum absolute atomic E-state index is 13.5. The zero-order valence-corrected chi connectivity index (χ0v) is 13.6. The van der Waals surface area contributed by atoms with Crippen molar-refractivity contribution in [1.29, 1.82) is 0 Å². The lowest BCUT2D eigenvalue weighted by Gasteiger charge is -2.27. The number of nitro groups is 1. The van der Waals surface area contributed by atoms with E-state index in [1.807, 2.05) is 0 Å². The van der Waals surface area contributed by atoms with Crippen molar-refractivity contribution in [3.8, 4) is 5.75 Å². The summed E-state index contributed by atoms with van der Waals surface area (Å²) in [6.07, 6.45) is 0.463. The first-order valence-corrected chi connectivity index (χ1v) is 8.80. The molecule has 0 aromatic heterocycles. The molecule has 0 saturated heterocycles. The molecule has 0 fully saturated rings. The quantitative estimate of drug-likeness (QED) is 0.631. The molecule has 0 saturated carbocycles. The topological polar surface area (TPSA) is 125 Å². The van der Waals surface area contributed by atoms with Gasteiger partial charge in [0, 0.05) is 18.1 Å². The summed E-state index contributed by atoms with van der Waals surface area (Å²) in [5.74, 6) is 0.0454. The Morgan fingerprint density at radius 2 is 2.04 bits per heavy atom. The lowest BCUT2D eigenvalue weighted by molar-refractivity contribution is -0.384. The average Bonchev–Trinajstić information content (AvgIpc) is 2.54. The number of sulfonamides is 1. The highest BCUT2D eigenvalue weighted by Gasteiger charge is 2.26. The second-order valence-electron chi connectivity index (χ2n) is 5.50. The fourth-order valence-electron chi connectivity index (χ4n) is 2.66. The minimum atomic E-state index is -4.06. The van der Waals surface area contributed by atoms with Gasteiger partial charge in [-0.3, -0.25) is 10.1 Å². The summed E-state index contributed by atoms with van der Waals surface area (Å²) in [6.45, 7) is 0.360. The van der Waals surface area contributed by atoms with Gasteiger partial charge in [0.1, 0.15) is 17.3 Å². The summed E-state index contributed by atoms with van der Waals surface area (Å²) >= 11 is 0. The van der Waals surface area contributed by atoms with E-state index in [4.69, 9.17) is 9.88 Å². The van der Waals surface area contributed by atoms with Crippen molar-refractivity contribution < 1.29 is 22.5 Å². The fraction of sp³-hybridized carbons (Fsp3) is 0.200. The van der Waals surface area contributed by atoms with Crippen LogP contribution in [0.2, 0.25) is 0 Å². The van der Waals surface area contributed by atoms with Crippen LogP contribution >= 0.6 is 0 Å². The molecule has 1 atom stereocenters. The van der Waals surface area contributed by atoms with Gasteiger partial charge in [-0.25, -0.2) is 17.9 Å². The molecule has 3 rings (SSSR count). The van der Waals surface area contributed by atoms with Gasteiger partial charge in [-0.05, 0) is 30.3 Å². The highest BCUT2D eigenvalue weighted by atomic mass is 32.2. The largest absolute Gasteiger partial charge is 0.493 e. The molecule has 0 amide bonds. The minimum Gasteiger partial charge on any atom is -0.493 e. The third kappa shape index (κ3) is 3.54. The van der Waals surface area contributed by atoms with E-state index in [1.54, 1.807) is 0 Å². The Kier molecular flexibility index (Phi) is 4.31. The molecule has 1 unspecified atom stereocenters. The van der Waals surface area contributed by atoms with E-state index in [9.17, 15) is 22.9 Å². The molecule has 0 radical (unpaired) electrons. The number of nitrogens with zero attached hydrogens (tertiary/aromatic N) is 1. The fourth-order valence-corrected chi connectivity index (χ4v) is 3.20. The number of nitrogens with one attached hydrogen (secondary N) is 1. The number of fused-ring (bicyclic) bond motifs is 1. The van der Waals surface area contributed by atoms with Crippen LogP contribution in [0.1, 0.15) is 18.0 Å². The van der Waals surface area contributed by atoms with Crippen LogP contribution in [0.25, 0.3) is 0 Å². The lowest BCUT2D eigenvalue weighted by Crippen LogP contribution is -2.21. The van der Waals surface area contributed by atoms with Gasteiger partial charge in [-0.1, -0.05) is 0 Å². The molecule has 2 aromatic carbocycles. The van der Waals surface area contributed by atoms with E-state index >= 15 is 0 Å². The van der Waals surface area contributed by atoms with E-state index in [0.29, 0.717) is 24.3 Å². The molecule has 0 aliphatic carbocycles. The second kappa shape index (κ2) is 6.30. The van der Waals surface area contributed by atoms with Crippen LogP contribution in [0.3, 0.4) is 0 Å². The number of rotatable bonds is 4. The minimum absolute atomic E-state index is 0.111. The number of hydrogen-bond acceptors (Lipinski definition) is 6. The van der Waals surface area contributed by atoms with Gasteiger partial charge in [0.2, 0.25) is 10.0 Å². The molecule has 8 nitrogen and oxygen atoms in total. The average molecular weight is 367 g/mol. The van der Waals surface area contributed by atoms with Crippen molar-refractivity contribution in [2.75, 3.05) is 11.9 Å². The Morgan fingerprint density at radius 1 is 1.28 bits per heavy atom. The molecular formula is C15H14FN3O5S. The number of halogens is 1. The molecule has 2 aromatic rings. The molecule has 3 N–H and O–H groups in total. The number of ether oxygens (including phenoxy) is 1. The maximum Gasteiger partial charge on any atom is 0.293 e. The summed E-state index contributed by atoms with van der Waals surface area (Å²) < 4.78 is 41.8. The number of hydrogen-bond donors (Lipinski definition) is 2. The van der Waals surface area contributed by atoms with Gasteiger partial charge in [0.25, 0.3) is 5.69 Å². The Balaban J connectivity index is 1.99. The number of nitrogens with two attached hydrogens (primary N) is 1. The van der Waals surface area contributed by atoms with Gasteiger partial charge in [0.05, 0.1) is 22.5 Å². The van der Waals surface area contributed by atoms with E-state index in [1.165, 1.54) is 30.3 Å². The normalized spacial score (nSPS) is 16.6. The Hall–Kier alpha value is -2.72. The Bertz CT molecular complexity index is 948. The Morgan fingerprint density at radius 3 is 2.72 bits per heavy atom. The molecular weight excluding hydrogens is 353 g/mol. The zero-order valence-electron chi connectivity index (χ0n) is 12.8. The summed E-state index contributed by atoms with van der Waals surface area (Å²) in [6, 6.07) is 6.99. The van der Waals surface area contributed by atoms with E-state index in [2.05, 4.69) is 5.32 Å². The van der Waals surface area contributed by atoms with Crippen LogP contribution < -0.4 is 15.2 Å². The third-order valence-corrected chi connectivity index (χ3v) is 4.75. The molecule has 0 bridgehead atoms. The van der Waals surface area contributed by atoms with E-state index < -0.39 is 32.5 Å². The Labute approximate surface area is 142 Å². The third-order valence-electron chi connectivity index (χ3n) is 3.84. The SMILES string of the molecule is NS(=O)(=O)c1ccc(NC2CCOc3ccc(F)cc32)c([N+](=O)[O-])c1. The monoisotopic (exact) mass is 367 g/mol. The van der Waals surface area contributed by atoms with Crippen molar-refractivity contribution in [1.82, 2.24) is 0 Å². The molecule has 1 aliphatic heterocycles. The number of nitro benzene ring substituents is 1. The molecule has 0 spiro atoms. The van der Waals surface area contributed by atoms with Crippen LogP contribution in [0, 0.1) is 15.9 Å². The van der Waals surface area contributed by atoms with Crippen LogP contribution in [-0.2, 0) is 10.0 Å². The van der Waals surface area contributed by atoms with Crippen LogP contribution in [0.15, 0.2) is 41.3 Å². The molecule has 10 heteroatoms. The first kappa shape index (κ1) is 17.1. The summed E-state index contributed by atoms with van der Waals surface area (Å²) in [4.78, 5) is 10.2. The van der Waals surface area contributed by atoms with Crippen molar-refractivity contribution >= 4 is 21.4 Å². The smallest absolute Gasteiger partial charge is 0.293 e. The highest BCUT2D eigenvalue weighted by Crippen LogP contribution is 2.37. The number of anilines is 1. The second-order valence-corrected chi connectivity index (χ2v) is 7.06. The van der Waals surface area contributed by atoms with E-state index in [0.717, 1.165) is 6.07 Å². The van der Waals surface area contributed by atoms with E-state index in [-0.39, 0.29) is 10.6 Å². The van der Waals surface area contributed by atoms with Crippen molar-refractivity contribution in [2.24, 2.45) is 5.14 Å². The highest BCUT2D eigenvalue weighted by molar-refractivity contribution is 7.89. The van der Waals surface area contributed by atoms with Crippen molar-refractivity contribution in [3.05, 3.63) is 57.9 Å². The van der Waals surface area contributed by atoms with Crippen LogP contribution in [0.4, 0.5) is 15.8 Å². The first-order valence-electron chi connectivity index (χ1n) is 7.26. The number of benzene rings is 2. The lowest BCUT2D eigenvalue weighted by atomic mass is 10.00. The van der Waals surface area contributed by atoms with Crippen molar-refractivity contribution in [2.45, 2.75) is 17.4 Å².